The second kappa shape index (κ2) is 4.05. The summed E-state index contributed by atoms with van der Waals surface area (Å²) in [5.74, 6) is 0.615. The van der Waals surface area contributed by atoms with Crippen molar-refractivity contribution in [1.82, 2.24) is 4.90 Å². The molecule has 3 aliphatic heterocycles. The molecule has 20 heavy (non-hydrogen) atoms. The third kappa shape index (κ3) is 1.71. The summed E-state index contributed by atoms with van der Waals surface area (Å²) >= 11 is 0. The zero-order valence-electron chi connectivity index (χ0n) is 11.1. The van der Waals surface area contributed by atoms with Gasteiger partial charge in [0, 0.05) is 30.7 Å². The van der Waals surface area contributed by atoms with Crippen molar-refractivity contribution in [2.24, 2.45) is 9.81 Å². The van der Waals surface area contributed by atoms with Gasteiger partial charge in [-0.1, -0.05) is 12.1 Å². The maximum absolute atomic E-state index is 12.1. The van der Waals surface area contributed by atoms with Gasteiger partial charge in [-0.15, -0.1) is 4.40 Å². The maximum atomic E-state index is 12.1. The van der Waals surface area contributed by atoms with Crippen molar-refractivity contribution >= 4 is 15.9 Å². The van der Waals surface area contributed by atoms with Crippen LogP contribution in [0.15, 0.2) is 33.6 Å². The maximum Gasteiger partial charge on any atom is 0.285 e. The first-order chi connectivity index (χ1) is 9.60. The minimum absolute atomic E-state index is 0.198. The number of rotatable bonds is 0. The Morgan fingerprint density at radius 1 is 1.25 bits per heavy atom. The Morgan fingerprint density at radius 2 is 2.10 bits per heavy atom. The van der Waals surface area contributed by atoms with Crippen molar-refractivity contribution < 1.29 is 13.2 Å². The molecule has 0 bridgehead atoms. The molecule has 0 aromatic heterocycles. The van der Waals surface area contributed by atoms with Crippen molar-refractivity contribution in [3.63, 3.8) is 0 Å². The largest absolute Gasteiger partial charge is 0.381 e. The number of sulfonamides is 1. The highest BCUT2D eigenvalue weighted by Crippen LogP contribution is 2.40. The Hall–Kier alpha value is -1.40. The van der Waals surface area contributed by atoms with Gasteiger partial charge in [0.25, 0.3) is 10.0 Å². The zero-order chi connectivity index (χ0) is 13.8. The van der Waals surface area contributed by atoms with E-state index in [1.807, 2.05) is 12.1 Å². The molecule has 2 fully saturated rings. The van der Waals surface area contributed by atoms with E-state index in [1.54, 1.807) is 12.1 Å². The van der Waals surface area contributed by atoms with Gasteiger partial charge < -0.3 is 9.64 Å². The molecule has 1 spiro atoms. The van der Waals surface area contributed by atoms with E-state index >= 15 is 0 Å². The summed E-state index contributed by atoms with van der Waals surface area (Å²) in [5, 5.41) is 0. The van der Waals surface area contributed by atoms with Crippen LogP contribution in [0, 0.1) is 5.41 Å². The van der Waals surface area contributed by atoms with E-state index in [0.29, 0.717) is 10.7 Å². The molecule has 0 aliphatic carbocycles. The Labute approximate surface area is 118 Å². The van der Waals surface area contributed by atoms with Crippen LogP contribution < -0.4 is 0 Å². The van der Waals surface area contributed by atoms with Crippen LogP contribution in [0.5, 0.6) is 0 Å². The molecule has 1 unspecified atom stereocenters. The molecule has 0 amide bonds. The number of benzene rings is 1. The van der Waals surface area contributed by atoms with E-state index in [9.17, 15) is 8.42 Å². The second-order valence-electron chi connectivity index (χ2n) is 5.86. The van der Waals surface area contributed by atoms with E-state index < -0.39 is 10.0 Å². The Kier molecular flexibility index (Phi) is 2.50. The van der Waals surface area contributed by atoms with Crippen molar-refractivity contribution in [2.45, 2.75) is 17.7 Å². The van der Waals surface area contributed by atoms with Crippen LogP contribution in [0.4, 0.5) is 0 Å². The van der Waals surface area contributed by atoms with Crippen molar-refractivity contribution in [1.29, 1.82) is 0 Å². The van der Waals surface area contributed by atoms with Gasteiger partial charge in [0.15, 0.2) is 5.84 Å². The van der Waals surface area contributed by atoms with Gasteiger partial charge in [0.1, 0.15) is 4.90 Å². The molecular formula is C14H16N2O3S. The average molecular weight is 292 g/mol. The first-order valence-electron chi connectivity index (χ1n) is 6.87. The van der Waals surface area contributed by atoms with E-state index in [-0.39, 0.29) is 5.41 Å². The van der Waals surface area contributed by atoms with Crippen molar-refractivity contribution in [2.75, 3.05) is 26.3 Å². The van der Waals surface area contributed by atoms with Crippen LogP contribution in [0.1, 0.15) is 18.4 Å². The minimum Gasteiger partial charge on any atom is -0.381 e. The highest BCUT2D eigenvalue weighted by atomic mass is 32.2. The number of fused-ring (bicyclic) bond motifs is 1. The fourth-order valence-corrected chi connectivity index (χ4v) is 4.63. The molecule has 0 radical (unpaired) electrons. The number of nitrogens with zero attached hydrogens (tertiary/aromatic N) is 2. The summed E-state index contributed by atoms with van der Waals surface area (Å²) in [6.07, 6.45) is 2.11. The molecule has 2 saturated heterocycles. The molecule has 1 aromatic rings. The van der Waals surface area contributed by atoms with Crippen LogP contribution in [-0.4, -0.2) is 45.5 Å². The summed E-state index contributed by atoms with van der Waals surface area (Å²) in [6, 6.07) is 7.07. The summed E-state index contributed by atoms with van der Waals surface area (Å²) in [7, 11) is -3.51. The molecule has 3 aliphatic rings. The second-order valence-corrected chi connectivity index (χ2v) is 7.43. The smallest absolute Gasteiger partial charge is 0.285 e. The summed E-state index contributed by atoms with van der Waals surface area (Å²) in [4.78, 5) is 2.44. The lowest BCUT2D eigenvalue weighted by Gasteiger charge is -2.23. The van der Waals surface area contributed by atoms with Gasteiger partial charge in [0.05, 0.1) is 6.61 Å². The standard InChI is InChI=1S/C14H16N2O3S/c17-20(18)12-4-2-1-3-11(12)13(15-20)16-7-5-14(9-16)6-8-19-10-14/h1-4H,5-10H2. The molecule has 1 aromatic carbocycles. The normalized spacial score (nSPS) is 30.8. The molecule has 0 N–H and O–H groups in total. The molecule has 3 heterocycles. The predicted molar refractivity (Wildman–Crippen MR) is 74.2 cm³/mol. The average Bonchev–Trinajstić information content (AvgIpc) is 3.12. The molecule has 5 nitrogen and oxygen atoms in total. The summed E-state index contributed by atoms with van der Waals surface area (Å²) in [5.41, 5.74) is 0.938. The topological polar surface area (TPSA) is 59.0 Å². The van der Waals surface area contributed by atoms with Gasteiger partial charge in [-0.2, -0.15) is 8.42 Å². The van der Waals surface area contributed by atoms with E-state index in [0.717, 1.165) is 44.7 Å². The molecule has 6 heteroatoms. The van der Waals surface area contributed by atoms with Crippen LogP contribution in [0.25, 0.3) is 0 Å². The third-order valence-electron chi connectivity index (χ3n) is 4.54. The number of likely N-dealkylation sites (tertiary alicyclic amines) is 1. The Morgan fingerprint density at radius 3 is 2.90 bits per heavy atom. The number of ether oxygens (including phenoxy) is 1. The van der Waals surface area contributed by atoms with Gasteiger partial charge in [0.2, 0.25) is 0 Å². The monoisotopic (exact) mass is 292 g/mol. The summed E-state index contributed by atoms with van der Waals surface area (Å²) < 4.78 is 33.7. The molecule has 0 saturated carbocycles. The number of hydrogen-bond acceptors (Lipinski definition) is 4. The van der Waals surface area contributed by atoms with Crippen molar-refractivity contribution in [3.8, 4) is 0 Å². The first kappa shape index (κ1) is 12.3. The SMILES string of the molecule is O=S1(=O)N=C(N2CCC3(CCOC3)C2)c2ccccc21. The van der Waals surface area contributed by atoms with Crippen LogP contribution in [0.3, 0.4) is 0 Å². The van der Waals surface area contributed by atoms with Gasteiger partial charge in [-0.05, 0) is 25.0 Å². The van der Waals surface area contributed by atoms with E-state index in [1.165, 1.54) is 0 Å². The predicted octanol–water partition coefficient (Wildman–Crippen LogP) is 1.25. The van der Waals surface area contributed by atoms with Crippen LogP contribution >= 0.6 is 0 Å². The molecule has 1 atom stereocenters. The quantitative estimate of drug-likeness (QED) is 0.722. The van der Waals surface area contributed by atoms with Gasteiger partial charge in [-0.3, -0.25) is 0 Å². The van der Waals surface area contributed by atoms with Gasteiger partial charge in [-0.25, -0.2) is 0 Å². The lowest BCUT2D eigenvalue weighted by Crippen LogP contribution is -2.32. The van der Waals surface area contributed by atoms with Gasteiger partial charge >= 0.3 is 0 Å². The van der Waals surface area contributed by atoms with Crippen molar-refractivity contribution in [3.05, 3.63) is 29.8 Å². The lowest BCUT2D eigenvalue weighted by atomic mass is 9.87. The van der Waals surface area contributed by atoms with Crippen LogP contribution in [0.2, 0.25) is 0 Å². The van der Waals surface area contributed by atoms with E-state index in [4.69, 9.17) is 4.74 Å². The Bertz CT molecular complexity index is 690. The molecule has 106 valence electrons. The fraction of sp³-hybridized carbons (Fsp3) is 0.500. The fourth-order valence-electron chi connectivity index (χ4n) is 3.40. The summed E-state index contributed by atoms with van der Waals surface area (Å²) in [6.45, 7) is 3.29. The molecule has 4 rings (SSSR count). The number of hydrogen-bond donors (Lipinski definition) is 0. The van der Waals surface area contributed by atoms with Crippen LogP contribution in [-0.2, 0) is 14.8 Å². The number of amidine groups is 1. The minimum atomic E-state index is -3.51. The Balaban J connectivity index is 1.71. The third-order valence-corrected chi connectivity index (χ3v) is 5.86. The highest BCUT2D eigenvalue weighted by Gasteiger charge is 2.44. The zero-order valence-corrected chi connectivity index (χ0v) is 11.9. The highest BCUT2D eigenvalue weighted by molar-refractivity contribution is 7.90. The lowest BCUT2D eigenvalue weighted by molar-refractivity contribution is 0.157. The molecular weight excluding hydrogens is 276 g/mol. The van der Waals surface area contributed by atoms with E-state index in [2.05, 4.69) is 9.30 Å². The first-order valence-corrected chi connectivity index (χ1v) is 8.31.